The Morgan fingerprint density at radius 2 is 1.96 bits per heavy atom. The molecule has 0 aliphatic heterocycles. The number of methoxy groups -OCH3 is 1. The minimum atomic E-state index is -3.96. The molecule has 8 heteroatoms. The Balaban J connectivity index is 1.79. The van der Waals surface area contributed by atoms with Crippen molar-refractivity contribution in [3.63, 3.8) is 0 Å². The van der Waals surface area contributed by atoms with Crippen molar-refractivity contribution >= 4 is 21.6 Å². The minimum absolute atomic E-state index is 0.0725. The summed E-state index contributed by atoms with van der Waals surface area (Å²) in [6.07, 6.45) is 7.42. The average molecular weight is 389 g/mol. The van der Waals surface area contributed by atoms with Gasteiger partial charge in [0.2, 0.25) is 0 Å². The van der Waals surface area contributed by atoms with Crippen LogP contribution in [-0.2, 0) is 10.0 Å². The molecule has 1 aliphatic rings. The van der Waals surface area contributed by atoms with E-state index in [1.165, 1.54) is 50.5 Å². The maximum Gasteiger partial charge on any atom is 0.262 e. The molecular formula is C19H23N3O4S. The fourth-order valence-electron chi connectivity index (χ4n) is 3.23. The van der Waals surface area contributed by atoms with Gasteiger partial charge in [-0.25, -0.2) is 8.42 Å². The molecule has 2 N–H and O–H groups in total. The van der Waals surface area contributed by atoms with Crippen molar-refractivity contribution in [1.82, 2.24) is 10.3 Å². The third-order valence-corrected chi connectivity index (χ3v) is 6.09. The van der Waals surface area contributed by atoms with E-state index in [9.17, 15) is 13.2 Å². The number of nitrogens with zero attached hydrogens (tertiary/aromatic N) is 1. The number of hydrogen-bond donors (Lipinski definition) is 2. The van der Waals surface area contributed by atoms with Gasteiger partial charge in [0.05, 0.1) is 30.8 Å². The van der Waals surface area contributed by atoms with Gasteiger partial charge < -0.3 is 10.1 Å². The Morgan fingerprint density at radius 3 is 2.70 bits per heavy atom. The van der Waals surface area contributed by atoms with Crippen molar-refractivity contribution in [3.05, 3.63) is 48.3 Å². The van der Waals surface area contributed by atoms with Crippen LogP contribution in [0.4, 0.5) is 5.69 Å². The maximum atomic E-state index is 12.8. The minimum Gasteiger partial charge on any atom is -0.495 e. The third kappa shape index (κ3) is 4.77. The number of sulfonamides is 1. The Bertz CT molecular complexity index is 909. The molecule has 3 rings (SSSR count). The SMILES string of the molecule is COc1cncc(NS(=O)(=O)c2ccccc2C(=O)NCC2CCCC2)c1. The second kappa shape index (κ2) is 8.39. The zero-order valence-electron chi connectivity index (χ0n) is 15.1. The second-order valence-corrected chi connectivity index (χ2v) is 8.23. The van der Waals surface area contributed by atoms with Crippen molar-refractivity contribution in [1.29, 1.82) is 0 Å². The quantitative estimate of drug-likeness (QED) is 0.759. The Kier molecular flexibility index (Phi) is 5.95. The lowest BCUT2D eigenvalue weighted by atomic mass is 10.1. The summed E-state index contributed by atoms with van der Waals surface area (Å²) in [7, 11) is -2.49. The molecule has 1 fully saturated rings. The first-order chi connectivity index (χ1) is 13.0. The van der Waals surface area contributed by atoms with Crippen molar-refractivity contribution in [3.8, 4) is 5.75 Å². The van der Waals surface area contributed by atoms with Gasteiger partial charge in [0.25, 0.3) is 15.9 Å². The highest BCUT2D eigenvalue weighted by Gasteiger charge is 2.23. The summed E-state index contributed by atoms with van der Waals surface area (Å²) in [6.45, 7) is 0.570. The van der Waals surface area contributed by atoms with Crippen LogP contribution in [0.3, 0.4) is 0 Å². The fraction of sp³-hybridized carbons (Fsp3) is 0.368. The summed E-state index contributed by atoms with van der Waals surface area (Å²) in [5.41, 5.74) is 0.384. The lowest BCUT2D eigenvalue weighted by Gasteiger charge is -2.14. The molecule has 2 aromatic rings. The lowest BCUT2D eigenvalue weighted by Crippen LogP contribution is -2.30. The highest BCUT2D eigenvalue weighted by Crippen LogP contribution is 2.25. The molecular weight excluding hydrogens is 366 g/mol. The van der Waals surface area contributed by atoms with Crippen LogP contribution < -0.4 is 14.8 Å². The number of carbonyl (C=O) groups excluding carboxylic acids is 1. The molecule has 1 aromatic heterocycles. The van der Waals surface area contributed by atoms with E-state index in [0.29, 0.717) is 18.2 Å². The summed E-state index contributed by atoms with van der Waals surface area (Å²) in [6, 6.07) is 7.69. The predicted molar refractivity (Wildman–Crippen MR) is 102 cm³/mol. The van der Waals surface area contributed by atoms with E-state index in [0.717, 1.165) is 12.8 Å². The number of hydrogen-bond acceptors (Lipinski definition) is 5. The van der Waals surface area contributed by atoms with Crippen LogP contribution in [0.2, 0.25) is 0 Å². The topological polar surface area (TPSA) is 97.4 Å². The molecule has 1 heterocycles. The van der Waals surface area contributed by atoms with Gasteiger partial charge in [0.15, 0.2) is 0 Å². The lowest BCUT2D eigenvalue weighted by molar-refractivity contribution is 0.0944. The van der Waals surface area contributed by atoms with E-state index >= 15 is 0 Å². The smallest absolute Gasteiger partial charge is 0.262 e. The number of rotatable bonds is 7. The van der Waals surface area contributed by atoms with Gasteiger partial charge in [0, 0.05) is 12.6 Å². The van der Waals surface area contributed by atoms with E-state index in [1.807, 2.05) is 0 Å². The standard InChI is InChI=1S/C19H23N3O4S/c1-26-16-10-15(12-20-13-16)22-27(24,25)18-9-5-4-8-17(18)19(23)21-11-14-6-2-3-7-14/h4-5,8-10,12-14,22H,2-3,6-7,11H2,1H3,(H,21,23). The molecule has 0 atom stereocenters. The molecule has 0 unspecified atom stereocenters. The van der Waals surface area contributed by atoms with Crippen LogP contribution in [0.25, 0.3) is 0 Å². The molecule has 144 valence electrons. The molecule has 0 radical (unpaired) electrons. The molecule has 1 saturated carbocycles. The second-order valence-electron chi connectivity index (χ2n) is 6.58. The van der Waals surface area contributed by atoms with Gasteiger partial charge in [-0.3, -0.25) is 14.5 Å². The van der Waals surface area contributed by atoms with E-state index < -0.39 is 10.0 Å². The zero-order valence-corrected chi connectivity index (χ0v) is 16.0. The van der Waals surface area contributed by atoms with Crippen molar-refractivity contribution in [2.75, 3.05) is 18.4 Å². The maximum absolute atomic E-state index is 12.8. The van der Waals surface area contributed by atoms with Gasteiger partial charge in [0.1, 0.15) is 10.6 Å². The highest BCUT2D eigenvalue weighted by atomic mass is 32.2. The average Bonchev–Trinajstić information content (AvgIpc) is 3.19. The zero-order chi connectivity index (χ0) is 19.3. The summed E-state index contributed by atoms with van der Waals surface area (Å²) in [5.74, 6) is 0.517. The highest BCUT2D eigenvalue weighted by molar-refractivity contribution is 7.92. The molecule has 1 amide bonds. The van der Waals surface area contributed by atoms with Gasteiger partial charge >= 0.3 is 0 Å². The first kappa shape index (κ1) is 19.2. The Morgan fingerprint density at radius 1 is 1.22 bits per heavy atom. The van der Waals surface area contributed by atoms with Gasteiger partial charge in [-0.1, -0.05) is 25.0 Å². The van der Waals surface area contributed by atoms with Crippen LogP contribution in [0.5, 0.6) is 5.75 Å². The molecule has 1 aliphatic carbocycles. The van der Waals surface area contributed by atoms with Crippen molar-refractivity contribution < 1.29 is 17.9 Å². The molecule has 0 spiro atoms. The van der Waals surface area contributed by atoms with Crippen LogP contribution in [0, 0.1) is 5.92 Å². The fourth-order valence-corrected chi connectivity index (χ4v) is 4.47. The summed E-state index contributed by atoms with van der Waals surface area (Å²) < 4.78 is 33.2. The van der Waals surface area contributed by atoms with Gasteiger partial charge in [-0.05, 0) is 30.9 Å². The Hall–Kier alpha value is -2.61. The third-order valence-electron chi connectivity index (χ3n) is 4.65. The molecule has 0 bridgehead atoms. The number of ether oxygens (including phenoxy) is 1. The van der Waals surface area contributed by atoms with Crippen molar-refractivity contribution in [2.24, 2.45) is 5.92 Å². The largest absolute Gasteiger partial charge is 0.495 e. The number of pyridine rings is 1. The van der Waals surface area contributed by atoms with Gasteiger partial charge in [-0.2, -0.15) is 0 Å². The van der Waals surface area contributed by atoms with Crippen molar-refractivity contribution in [2.45, 2.75) is 30.6 Å². The van der Waals surface area contributed by atoms with E-state index in [2.05, 4.69) is 15.0 Å². The predicted octanol–water partition coefficient (Wildman–Crippen LogP) is 2.81. The normalized spacial score (nSPS) is 14.7. The summed E-state index contributed by atoms with van der Waals surface area (Å²) >= 11 is 0. The van der Waals surface area contributed by atoms with Crippen LogP contribution in [0.1, 0.15) is 36.0 Å². The monoisotopic (exact) mass is 389 g/mol. The number of benzene rings is 1. The first-order valence-electron chi connectivity index (χ1n) is 8.88. The Labute approximate surface area is 159 Å². The number of carbonyl (C=O) groups is 1. The number of nitrogens with one attached hydrogen (secondary N) is 2. The molecule has 1 aromatic carbocycles. The van der Waals surface area contributed by atoms with E-state index in [1.54, 1.807) is 12.1 Å². The van der Waals surface area contributed by atoms with Crippen LogP contribution >= 0.6 is 0 Å². The van der Waals surface area contributed by atoms with Gasteiger partial charge in [-0.15, -0.1) is 0 Å². The summed E-state index contributed by atoms with van der Waals surface area (Å²) in [4.78, 5) is 16.4. The number of amides is 1. The number of aromatic nitrogens is 1. The molecule has 7 nitrogen and oxygen atoms in total. The molecule has 27 heavy (non-hydrogen) atoms. The van der Waals surface area contributed by atoms with Crippen LogP contribution in [0.15, 0.2) is 47.6 Å². The first-order valence-corrected chi connectivity index (χ1v) is 10.4. The van der Waals surface area contributed by atoms with E-state index in [-0.39, 0.29) is 22.1 Å². The number of anilines is 1. The molecule has 0 saturated heterocycles. The van der Waals surface area contributed by atoms with Crippen LogP contribution in [-0.4, -0.2) is 33.0 Å². The van der Waals surface area contributed by atoms with E-state index in [4.69, 9.17) is 4.74 Å². The summed E-state index contributed by atoms with van der Waals surface area (Å²) in [5, 5.41) is 2.87.